The van der Waals surface area contributed by atoms with Gasteiger partial charge < -0.3 is 0 Å². The van der Waals surface area contributed by atoms with Crippen LogP contribution < -0.4 is 21.6 Å². The molecule has 9 rings (SSSR count). The Morgan fingerprint density at radius 3 is 1.59 bits per heavy atom. The second-order valence-electron chi connectivity index (χ2n) is 12.6. The number of benzene rings is 4. The largest absolute Gasteiger partial charge is 0.278 e. The first-order valence-electron chi connectivity index (χ1n) is 16.3. The lowest BCUT2D eigenvalue weighted by atomic mass is 9.98. The fourth-order valence-electron chi connectivity index (χ4n) is 7.02. The number of hydrogen-bond donors (Lipinski definition) is 2. The van der Waals surface area contributed by atoms with Gasteiger partial charge in [0.25, 0.3) is 0 Å². The van der Waals surface area contributed by atoms with E-state index in [-0.39, 0.29) is 0 Å². The van der Waals surface area contributed by atoms with Gasteiger partial charge in [-0.2, -0.15) is 10.2 Å². The lowest BCUT2D eigenvalue weighted by molar-refractivity contribution is 1.25. The Balaban J connectivity index is 1.32. The number of fused-ring (bicyclic) bond motifs is 6. The number of thiophene rings is 3. The topological polar surface area (TPSA) is 48.8 Å². The van der Waals surface area contributed by atoms with Gasteiger partial charge in [0.1, 0.15) is 10.7 Å². The molecule has 0 atom stereocenters. The quantitative estimate of drug-likeness (QED) is 0.171. The van der Waals surface area contributed by atoms with E-state index in [1.54, 1.807) is 0 Å². The van der Waals surface area contributed by atoms with Gasteiger partial charge in [0.05, 0.1) is 11.4 Å². The van der Waals surface area contributed by atoms with Gasteiger partial charge in [-0.15, -0.1) is 34.0 Å². The van der Waals surface area contributed by atoms with Crippen molar-refractivity contribution in [2.45, 2.75) is 27.7 Å². The van der Waals surface area contributed by atoms with Crippen LogP contribution in [-0.2, 0) is 0 Å². The van der Waals surface area contributed by atoms with Crippen LogP contribution in [0.4, 0.5) is 11.4 Å². The smallest absolute Gasteiger partial charge is 0.100 e. The van der Waals surface area contributed by atoms with Gasteiger partial charge >= 0.3 is 0 Å². The minimum Gasteiger partial charge on any atom is -0.278 e. The van der Waals surface area contributed by atoms with Crippen molar-refractivity contribution in [1.29, 1.82) is 0 Å². The number of aryl methyl sites for hydroxylation is 4. The van der Waals surface area contributed by atoms with E-state index in [0.717, 1.165) is 22.1 Å². The first-order chi connectivity index (χ1) is 23.9. The summed E-state index contributed by atoms with van der Waals surface area (Å²) in [6.07, 6.45) is 0. The summed E-state index contributed by atoms with van der Waals surface area (Å²) in [4.78, 5) is 5.10. The maximum Gasteiger partial charge on any atom is 0.100 e. The Labute approximate surface area is 296 Å². The van der Waals surface area contributed by atoms with E-state index in [1.165, 1.54) is 83.5 Å². The molecule has 6 aromatic carbocycles. The Bertz CT molecular complexity index is 2790. The molecule has 0 unspecified atom stereocenters. The van der Waals surface area contributed by atoms with Gasteiger partial charge in [-0.1, -0.05) is 66.2 Å². The molecule has 0 saturated heterocycles. The lowest BCUT2D eigenvalue weighted by Gasteiger charge is -2.07. The highest BCUT2D eigenvalue weighted by molar-refractivity contribution is 7.27. The van der Waals surface area contributed by atoms with E-state index in [2.05, 4.69) is 111 Å². The Kier molecular flexibility index (Phi) is 7.23. The first kappa shape index (κ1) is 30.0. The normalized spacial score (nSPS) is 12.7. The zero-order valence-electron chi connectivity index (χ0n) is 27.5. The van der Waals surface area contributed by atoms with Crippen molar-refractivity contribution >= 4 is 87.1 Å². The molecule has 0 amide bonds. The van der Waals surface area contributed by atoms with Crippen molar-refractivity contribution in [3.05, 3.63) is 141 Å². The van der Waals surface area contributed by atoms with Gasteiger partial charge in [0.15, 0.2) is 0 Å². The van der Waals surface area contributed by atoms with Crippen LogP contribution in [0.25, 0.3) is 61.9 Å². The highest BCUT2D eigenvalue weighted by Gasteiger charge is 2.24. The van der Waals surface area contributed by atoms with Crippen LogP contribution in [0.5, 0.6) is 0 Å². The average Bonchev–Trinajstić information content (AvgIpc) is 3.93. The maximum atomic E-state index is 5.17. The summed E-state index contributed by atoms with van der Waals surface area (Å²) in [5.41, 5.74) is 13.7. The zero-order chi connectivity index (χ0) is 33.2. The van der Waals surface area contributed by atoms with Crippen molar-refractivity contribution in [1.82, 2.24) is 0 Å². The second-order valence-corrected chi connectivity index (χ2v) is 16.0. The fraction of sp³-hybridized carbons (Fsp3) is 0.0952. The summed E-state index contributed by atoms with van der Waals surface area (Å²) in [6, 6.07) is 38.4. The molecule has 0 saturated carbocycles. The molecular weight excluding hydrogens is 657 g/mol. The molecule has 3 heterocycles. The third-order valence-corrected chi connectivity index (χ3v) is 12.9. The molecule has 0 spiro atoms. The van der Waals surface area contributed by atoms with E-state index >= 15 is 0 Å². The van der Waals surface area contributed by atoms with Crippen molar-refractivity contribution in [2.75, 3.05) is 10.9 Å². The number of anilines is 2. The van der Waals surface area contributed by atoms with Crippen LogP contribution >= 0.6 is 34.0 Å². The van der Waals surface area contributed by atoms with E-state index < -0.39 is 0 Å². The van der Waals surface area contributed by atoms with Crippen molar-refractivity contribution < 1.29 is 0 Å². The SMILES string of the molecule is Cc1ccc(-c2ccc(-c3cc4/c(=N\Nc5ccccc5)c5c(C)c6c(c(C)c5c4s3)/c(=N/Nc3ccccc3)c3cc(C)sc36)s2)cc1. The Morgan fingerprint density at radius 1 is 0.469 bits per heavy atom. The summed E-state index contributed by atoms with van der Waals surface area (Å²) in [6.45, 7) is 8.86. The summed E-state index contributed by atoms with van der Waals surface area (Å²) < 4.78 is 2.56. The first-order valence-corrected chi connectivity index (χ1v) is 18.8. The molecule has 238 valence electrons. The summed E-state index contributed by atoms with van der Waals surface area (Å²) in [5, 5.41) is 19.6. The van der Waals surface area contributed by atoms with Crippen molar-refractivity contribution in [3.63, 3.8) is 0 Å². The molecule has 0 aliphatic rings. The van der Waals surface area contributed by atoms with Crippen LogP contribution in [0.15, 0.2) is 119 Å². The molecule has 3 aromatic heterocycles. The molecule has 0 bridgehead atoms. The molecule has 0 aliphatic carbocycles. The van der Waals surface area contributed by atoms with E-state index in [4.69, 9.17) is 10.2 Å². The number of nitrogens with one attached hydrogen (secondary N) is 2. The number of para-hydroxylation sites is 2. The third-order valence-electron chi connectivity index (χ3n) is 9.35. The molecule has 2 N–H and O–H groups in total. The van der Waals surface area contributed by atoms with Gasteiger partial charge in [-0.05, 0) is 92.9 Å². The third kappa shape index (κ3) is 5.00. The minimum atomic E-state index is 0.967. The maximum absolute atomic E-state index is 5.17. The number of rotatable bonds is 6. The molecule has 0 fully saturated rings. The molecule has 4 nitrogen and oxygen atoms in total. The molecule has 9 aromatic rings. The minimum absolute atomic E-state index is 0.967. The van der Waals surface area contributed by atoms with Gasteiger partial charge in [0.2, 0.25) is 0 Å². The predicted molar refractivity (Wildman–Crippen MR) is 214 cm³/mol. The summed E-state index contributed by atoms with van der Waals surface area (Å²) >= 11 is 5.57. The van der Waals surface area contributed by atoms with Crippen LogP contribution in [0.2, 0.25) is 0 Å². The van der Waals surface area contributed by atoms with Gasteiger partial charge in [-0.25, -0.2) is 0 Å². The predicted octanol–water partition coefficient (Wildman–Crippen LogP) is 11.8. The molecule has 0 aliphatic heterocycles. The van der Waals surface area contributed by atoms with E-state index in [1.807, 2.05) is 70.4 Å². The average molecular weight is 689 g/mol. The Hall–Kier alpha value is -5.08. The van der Waals surface area contributed by atoms with E-state index in [0.29, 0.717) is 0 Å². The zero-order valence-corrected chi connectivity index (χ0v) is 30.0. The highest BCUT2D eigenvalue weighted by atomic mass is 32.1. The standard InChI is InChI=1S/C42H32N4S3/c1-23-15-17-27(18-16-23)32-19-20-33(48-32)34-22-31-40(46-44-29-13-9-6-10-14-29)36-25(3)37-35(26(4)38(36)42(31)49-34)39(30-21-24(2)47-41(30)37)45-43-28-11-7-5-8-12-28/h5-22,43-44H,1-4H3/b45-39+,46-40+. The molecule has 7 heteroatoms. The van der Waals surface area contributed by atoms with Crippen molar-refractivity contribution in [3.8, 4) is 20.2 Å². The summed E-state index contributed by atoms with van der Waals surface area (Å²) in [5.74, 6) is 0. The molecule has 49 heavy (non-hydrogen) atoms. The number of hydrogen-bond acceptors (Lipinski definition) is 7. The lowest BCUT2D eigenvalue weighted by Crippen LogP contribution is -2.07. The second kappa shape index (κ2) is 11.8. The van der Waals surface area contributed by atoms with Crippen LogP contribution in [0.3, 0.4) is 0 Å². The van der Waals surface area contributed by atoms with Gasteiger partial charge in [-0.3, -0.25) is 10.9 Å². The van der Waals surface area contributed by atoms with Crippen LogP contribution in [-0.4, -0.2) is 0 Å². The molecule has 0 radical (unpaired) electrons. The fourth-order valence-corrected chi connectivity index (χ4v) is 10.5. The molecular formula is C42H32N4S3. The summed E-state index contributed by atoms with van der Waals surface area (Å²) in [7, 11) is 0. The van der Waals surface area contributed by atoms with Crippen LogP contribution in [0.1, 0.15) is 21.6 Å². The Morgan fingerprint density at radius 2 is 1.00 bits per heavy atom. The van der Waals surface area contributed by atoms with Crippen molar-refractivity contribution in [2.24, 2.45) is 10.2 Å². The highest BCUT2D eigenvalue weighted by Crippen LogP contribution is 2.46. The van der Waals surface area contributed by atoms with Gasteiger partial charge in [0, 0.05) is 61.2 Å². The van der Waals surface area contributed by atoms with E-state index in [9.17, 15) is 0 Å². The monoisotopic (exact) mass is 688 g/mol. The van der Waals surface area contributed by atoms with Crippen LogP contribution in [0, 0.1) is 27.7 Å². The number of nitrogens with zero attached hydrogens (tertiary/aromatic N) is 2.